The molecule has 3 heterocycles. The molecule has 0 radical (unpaired) electrons. The number of ether oxygens (including phenoxy) is 4. The topological polar surface area (TPSA) is 57.2 Å². The zero-order valence-electron chi connectivity index (χ0n) is 14.7. The molecule has 3 aliphatic rings. The van der Waals surface area contributed by atoms with Crippen LogP contribution in [0.1, 0.15) is 36.5 Å². The molecule has 6 heteroatoms. The first-order valence-electron chi connectivity index (χ1n) is 9.10. The first-order chi connectivity index (χ1) is 12.2. The minimum absolute atomic E-state index is 0.0400. The van der Waals surface area contributed by atoms with Crippen LogP contribution in [-0.4, -0.2) is 56.6 Å². The van der Waals surface area contributed by atoms with Crippen LogP contribution in [0.3, 0.4) is 0 Å². The van der Waals surface area contributed by atoms with E-state index >= 15 is 0 Å². The van der Waals surface area contributed by atoms with Crippen molar-refractivity contribution < 1.29 is 23.7 Å². The van der Waals surface area contributed by atoms with Gasteiger partial charge in [-0.2, -0.15) is 0 Å². The predicted octanol–water partition coefficient (Wildman–Crippen LogP) is 2.46. The number of likely N-dealkylation sites (tertiary alicyclic amines) is 1. The molecule has 2 atom stereocenters. The Morgan fingerprint density at radius 1 is 1.36 bits per heavy atom. The molecule has 136 valence electrons. The number of hydrogen-bond acceptors (Lipinski definition) is 5. The van der Waals surface area contributed by atoms with Crippen LogP contribution in [0.5, 0.6) is 11.5 Å². The molecule has 6 nitrogen and oxygen atoms in total. The molecule has 1 amide bonds. The summed E-state index contributed by atoms with van der Waals surface area (Å²) in [7, 11) is 0. The van der Waals surface area contributed by atoms with Crippen LogP contribution in [0.2, 0.25) is 0 Å². The number of hydrogen-bond donors (Lipinski definition) is 0. The quantitative estimate of drug-likeness (QED) is 0.837. The Labute approximate surface area is 148 Å². The van der Waals surface area contributed by atoms with E-state index in [0.717, 1.165) is 25.9 Å². The number of rotatable bonds is 4. The van der Waals surface area contributed by atoms with Crippen LogP contribution in [-0.2, 0) is 9.47 Å². The Morgan fingerprint density at radius 2 is 2.24 bits per heavy atom. The standard InChI is InChI=1S/C19H25NO5/c1-2-22-12-19-7-3-9-23-17(19)6-8-20(11-19)18(21)14-4-5-15-16(10-14)25-13-24-15/h4-5,10,17H,2-3,6-9,11-13H2,1H3/t17-,19-/m0/s1. The van der Waals surface area contributed by atoms with Gasteiger partial charge in [-0.15, -0.1) is 0 Å². The van der Waals surface area contributed by atoms with Gasteiger partial charge in [0.1, 0.15) is 0 Å². The molecule has 0 aromatic heterocycles. The first kappa shape index (κ1) is 16.7. The van der Waals surface area contributed by atoms with Crippen molar-refractivity contribution in [1.82, 2.24) is 4.90 Å². The molecule has 0 N–H and O–H groups in total. The Morgan fingerprint density at radius 3 is 3.12 bits per heavy atom. The van der Waals surface area contributed by atoms with Gasteiger partial charge in [0.2, 0.25) is 6.79 Å². The number of amides is 1. The third-order valence-electron chi connectivity index (χ3n) is 5.49. The molecule has 0 aliphatic carbocycles. The molecule has 0 unspecified atom stereocenters. The van der Waals surface area contributed by atoms with Gasteiger partial charge >= 0.3 is 0 Å². The highest BCUT2D eigenvalue weighted by Gasteiger charge is 2.47. The van der Waals surface area contributed by atoms with Gasteiger partial charge in [0, 0.05) is 37.3 Å². The van der Waals surface area contributed by atoms with Crippen LogP contribution < -0.4 is 9.47 Å². The summed E-state index contributed by atoms with van der Waals surface area (Å²) in [5.74, 6) is 1.38. The van der Waals surface area contributed by atoms with Crippen molar-refractivity contribution in [1.29, 1.82) is 0 Å². The van der Waals surface area contributed by atoms with E-state index < -0.39 is 0 Å². The van der Waals surface area contributed by atoms with Gasteiger partial charge in [-0.1, -0.05) is 0 Å². The smallest absolute Gasteiger partial charge is 0.254 e. The monoisotopic (exact) mass is 347 g/mol. The van der Waals surface area contributed by atoms with E-state index in [1.165, 1.54) is 0 Å². The highest BCUT2D eigenvalue weighted by molar-refractivity contribution is 5.95. The number of benzene rings is 1. The highest BCUT2D eigenvalue weighted by Crippen LogP contribution is 2.41. The van der Waals surface area contributed by atoms with Crippen molar-refractivity contribution in [3.63, 3.8) is 0 Å². The van der Waals surface area contributed by atoms with E-state index in [4.69, 9.17) is 18.9 Å². The Kier molecular flexibility index (Phi) is 4.56. The molecule has 4 rings (SSSR count). The van der Waals surface area contributed by atoms with E-state index in [0.29, 0.717) is 43.4 Å². The summed E-state index contributed by atoms with van der Waals surface area (Å²) in [4.78, 5) is 15.0. The Bertz CT molecular complexity index is 649. The molecule has 2 saturated heterocycles. The van der Waals surface area contributed by atoms with Gasteiger partial charge in [0.15, 0.2) is 11.5 Å². The van der Waals surface area contributed by atoms with Crippen LogP contribution in [0.25, 0.3) is 0 Å². The van der Waals surface area contributed by atoms with Crippen LogP contribution in [0.4, 0.5) is 0 Å². The molecular formula is C19H25NO5. The second-order valence-electron chi connectivity index (χ2n) is 7.05. The van der Waals surface area contributed by atoms with E-state index in [1.807, 2.05) is 24.0 Å². The summed E-state index contributed by atoms with van der Waals surface area (Å²) >= 11 is 0. The lowest BCUT2D eigenvalue weighted by Gasteiger charge is -2.50. The zero-order valence-corrected chi connectivity index (χ0v) is 14.7. The first-order valence-corrected chi connectivity index (χ1v) is 9.10. The molecule has 0 spiro atoms. The summed E-state index contributed by atoms with van der Waals surface area (Å²) < 4.78 is 22.5. The van der Waals surface area contributed by atoms with Gasteiger partial charge in [0.05, 0.1) is 12.7 Å². The molecular weight excluding hydrogens is 322 g/mol. The number of carbonyl (C=O) groups is 1. The number of nitrogens with zero attached hydrogens (tertiary/aromatic N) is 1. The molecule has 1 aromatic rings. The summed E-state index contributed by atoms with van der Waals surface area (Å²) in [6, 6.07) is 5.40. The fourth-order valence-electron chi connectivity index (χ4n) is 4.19. The van der Waals surface area contributed by atoms with Gasteiger partial charge < -0.3 is 23.8 Å². The molecule has 0 saturated carbocycles. The lowest BCUT2D eigenvalue weighted by atomic mass is 9.73. The minimum Gasteiger partial charge on any atom is -0.454 e. The minimum atomic E-state index is -0.0848. The maximum absolute atomic E-state index is 13.0. The van der Waals surface area contributed by atoms with Crippen LogP contribution in [0, 0.1) is 5.41 Å². The molecule has 0 bridgehead atoms. The van der Waals surface area contributed by atoms with Crippen molar-refractivity contribution >= 4 is 5.91 Å². The fourth-order valence-corrected chi connectivity index (χ4v) is 4.19. The average Bonchev–Trinajstić information content (AvgIpc) is 3.13. The summed E-state index contributed by atoms with van der Waals surface area (Å²) in [5, 5.41) is 0. The SMILES string of the molecule is CCOC[C@@]12CCCO[C@H]1CCN(C(=O)c1ccc3c(c1)OCO3)C2. The van der Waals surface area contributed by atoms with E-state index in [2.05, 4.69) is 0 Å². The third kappa shape index (κ3) is 3.09. The lowest BCUT2D eigenvalue weighted by molar-refractivity contribution is -0.146. The van der Waals surface area contributed by atoms with Crippen LogP contribution in [0.15, 0.2) is 18.2 Å². The fraction of sp³-hybridized carbons (Fsp3) is 0.632. The maximum atomic E-state index is 13.0. The summed E-state index contributed by atoms with van der Waals surface area (Å²) in [5.41, 5.74) is 0.560. The highest BCUT2D eigenvalue weighted by atomic mass is 16.7. The normalized spacial score (nSPS) is 27.9. The molecule has 1 aromatic carbocycles. The van der Waals surface area contributed by atoms with Gasteiger partial charge in [-0.25, -0.2) is 0 Å². The molecule has 3 aliphatic heterocycles. The van der Waals surface area contributed by atoms with Crippen molar-refractivity contribution in [2.45, 2.75) is 32.3 Å². The molecule has 2 fully saturated rings. The van der Waals surface area contributed by atoms with E-state index in [-0.39, 0.29) is 24.2 Å². The van der Waals surface area contributed by atoms with E-state index in [1.54, 1.807) is 6.07 Å². The second-order valence-corrected chi connectivity index (χ2v) is 7.05. The largest absolute Gasteiger partial charge is 0.454 e. The van der Waals surface area contributed by atoms with Crippen molar-refractivity contribution in [3.05, 3.63) is 23.8 Å². The van der Waals surface area contributed by atoms with E-state index in [9.17, 15) is 4.79 Å². The number of carbonyl (C=O) groups excluding carboxylic acids is 1. The average molecular weight is 347 g/mol. The number of fused-ring (bicyclic) bond motifs is 2. The summed E-state index contributed by atoms with van der Waals surface area (Å²) in [6.07, 6.45) is 3.12. The number of piperidine rings is 1. The Hall–Kier alpha value is -1.79. The molecule has 25 heavy (non-hydrogen) atoms. The second kappa shape index (κ2) is 6.84. The lowest BCUT2D eigenvalue weighted by Crippen LogP contribution is -2.58. The van der Waals surface area contributed by atoms with Gasteiger partial charge in [0.25, 0.3) is 5.91 Å². The van der Waals surface area contributed by atoms with Gasteiger partial charge in [-0.3, -0.25) is 4.79 Å². The van der Waals surface area contributed by atoms with Gasteiger partial charge in [-0.05, 0) is 44.4 Å². The van der Waals surface area contributed by atoms with Crippen molar-refractivity contribution in [3.8, 4) is 11.5 Å². The third-order valence-corrected chi connectivity index (χ3v) is 5.49. The predicted molar refractivity (Wildman–Crippen MR) is 91.0 cm³/mol. The van der Waals surface area contributed by atoms with Crippen molar-refractivity contribution in [2.24, 2.45) is 5.41 Å². The Balaban J connectivity index is 1.53. The van der Waals surface area contributed by atoms with Crippen molar-refractivity contribution in [2.75, 3.05) is 39.7 Å². The summed E-state index contributed by atoms with van der Waals surface area (Å²) in [6.45, 7) is 5.77. The zero-order chi connectivity index (χ0) is 17.3. The van der Waals surface area contributed by atoms with Crippen LogP contribution >= 0.6 is 0 Å². The maximum Gasteiger partial charge on any atom is 0.254 e.